The fraction of sp³-hybridized carbons (Fsp3) is 0.750. The zero-order valence-corrected chi connectivity index (χ0v) is 12.4. The summed E-state index contributed by atoms with van der Waals surface area (Å²) in [7, 11) is 0. The summed E-state index contributed by atoms with van der Waals surface area (Å²) >= 11 is 0. The number of hydrogen-bond donors (Lipinski definition) is 1. The molecule has 0 unspecified atom stereocenters. The Hall–Kier alpha value is -0.800. The van der Waals surface area contributed by atoms with Crippen molar-refractivity contribution in [3.63, 3.8) is 0 Å². The largest absolute Gasteiger partial charge is 0.468 e. The molecule has 0 bridgehead atoms. The van der Waals surface area contributed by atoms with Crippen LogP contribution in [0.2, 0.25) is 0 Å². The smallest absolute Gasteiger partial charge is 0.117 e. The van der Waals surface area contributed by atoms with Crippen molar-refractivity contribution >= 4 is 0 Å². The van der Waals surface area contributed by atoms with E-state index in [1.807, 2.05) is 6.07 Å². The topological polar surface area (TPSA) is 28.4 Å². The second-order valence-electron chi connectivity index (χ2n) is 6.07. The Morgan fingerprint density at radius 1 is 1.37 bits per heavy atom. The van der Waals surface area contributed by atoms with Gasteiger partial charge in [-0.2, -0.15) is 0 Å². The Balaban J connectivity index is 1.59. The van der Waals surface area contributed by atoms with Gasteiger partial charge in [-0.3, -0.25) is 4.90 Å². The van der Waals surface area contributed by atoms with Crippen LogP contribution in [0.25, 0.3) is 0 Å². The van der Waals surface area contributed by atoms with E-state index in [2.05, 4.69) is 30.1 Å². The van der Waals surface area contributed by atoms with E-state index in [-0.39, 0.29) is 0 Å². The molecule has 0 atom stereocenters. The van der Waals surface area contributed by atoms with E-state index in [1.54, 1.807) is 6.26 Å². The lowest BCUT2D eigenvalue weighted by atomic mass is 10.1. The first-order valence-electron chi connectivity index (χ1n) is 7.73. The molecular formula is C16H28N2O. The standard InChI is InChI=1S/C16H28N2O/c1-14(2)5-3-9-17-10-11-18(15-7-8-15)13-16-6-4-12-19-16/h4,6,12,14-15,17H,3,5,7-11,13H2,1-2H3. The molecule has 0 radical (unpaired) electrons. The lowest BCUT2D eigenvalue weighted by Crippen LogP contribution is -2.33. The molecule has 19 heavy (non-hydrogen) atoms. The van der Waals surface area contributed by atoms with Crippen LogP contribution in [-0.4, -0.2) is 30.6 Å². The summed E-state index contributed by atoms with van der Waals surface area (Å²) in [6, 6.07) is 4.85. The average Bonchev–Trinajstić information content (AvgIpc) is 3.10. The van der Waals surface area contributed by atoms with Crippen molar-refractivity contribution in [1.29, 1.82) is 0 Å². The van der Waals surface area contributed by atoms with Crippen molar-refractivity contribution in [3.05, 3.63) is 24.2 Å². The molecule has 1 aromatic rings. The Labute approximate surface area is 117 Å². The minimum absolute atomic E-state index is 0.794. The maximum absolute atomic E-state index is 5.45. The summed E-state index contributed by atoms with van der Waals surface area (Å²) < 4.78 is 5.45. The summed E-state index contributed by atoms with van der Waals surface area (Å²) in [5.41, 5.74) is 0. The third kappa shape index (κ3) is 5.79. The van der Waals surface area contributed by atoms with Crippen molar-refractivity contribution in [1.82, 2.24) is 10.2 Å². The summed E-state index contributed by atoms with van der Waals surface area (Å²) in [6.45, 7) is 8.92. The highest BCUT2D eigenvalue weighted by Crippen LogP contribution is 2.27. The molecule has 1 aliphatic carbocycles. The van der Waals surface area contributed by atoms with Gasteiger partial charge < -0.3 is 9.73 Å². The molecule has 1 aromatic heterocycles. The summed E-state index contributed by atoms with van der Waals surface area (Å²) in [5.74, 6) is 1.91. The fourth-order valence-electron chi connectivity index (χ4n) is 2.42. The van der Waals surface area contributed by atoms with Gasteiger partial charge in [0, 0.05) is 19.1 Å². The van der Waals surface area contributed by atoms with Crippen LogP contribution in [0.4, 0.5) is 0 Å². The molecule has 1 heterocycles. The van der Waals surface area contributed by atoms with E-state index in [0.717, 1.165) is 43.9 Å². The van der Waals surface area contributed by atoms with Gasteiger partial charge in [0.2, 0.25) is 0 Å². The van der Waals surface area contributed by atoms with Gasteiger partial charge in [-0.25, -0.2) is 0 Å². The third-order valence-corrected chi connectivity index (χ3v) is 3.71. The molecule has 1 N–H and O–H groups in total. The highest BCUT2D eigenvalue weighted by Gasteiger charge is 2.28. The minimum atomic E-state index is 0.794. The Bertz CT molecular complexity index is 331. The molecule has 1 fully saturated rings. The monoisotopic (exact) mass is 264 g/mol. The SMILES string of the molecule is CC(C)CCCNCCN(Cc1ccco1)C1CC1. The Kier molecular flexibility index (Phi) is 5.93. The molecule has 1 aliphatic rings. The first kappa shape index (κ1) is 14.6. The number of nitrogens with zero attached hydrogens (tertiary/aromatic N) is 1. The maximum atomic E-state index is 5.45. The summed E-state index contributed by atoms with van der Waals surface area (Å²) in [5, 5.41) is 3.56. The van der Waals surface area contributed by atoms with Gasteiger partial charge in [0.1, 0.15) is 5.76 Å². The van der Waals surface area contributed by atoms with E-state index in [1.165, 1.54) is 25.7 Å². The zero-order valence-electron chi connectivity index (χ0n) is 12.4. The predicted octanol–water partition coefficient (Wildman–Crippen LogP) is 3.27. The first-order chi connectivity index (χ1) is 9.25. The first-order valence-corrected chi connectivity index (χ1v) is 7.73. The molecule has 0 saturated heterocycles. The second-order valence-corrected chi connectivity index (χ2v) is 6.07. The van der Waals surface area contributed by atoms with Gasteiger partial charge in [-0.1, -0.05) is 13.8 Å². The van der Waals surface area contributed by atoms with Crippen molar-refractivity contribution < 1.29 is 4.42 Å². The molecule has 3 nitrogen and oxygen atoms in total. The van der Waals surface area contributed by atoms with Crippen molar-refractivity contribution in [2.24, 2.45) is 5.92 Å². The van der Waals surface area contributed by atoms with Gasteiger partial charge in [0.25, 0.3) is 0 Å². The predicted molar refractivity (Wildman–Crippen MR) is 79.1 cm³/mol. The Morgan fingerprint density at radius 3 is 2.84 bits per heavy atom. The molecule has 1 saturated carbocycles. The van der Waals surface area contributed by atoms with Crippen molar-refractivity contribution in [2.75, 3.05) is 19.6 Å². The third-order valence-electron chi connectivity index (χ3n) is 3.71. The van der Waals surface area contributed by atoms with E-state index < -0.39 is 0 Å². The van der Waals surface area contributed by atoms with Crippen molar-refractivity contribution in [2.45, 2.75) is 52.1 Å². The molecule has 108 valence electrons. The van der Waals surface area contributed by atoms with Crippen LogP contribution in [0, 0.1) is 5.92 Å². The highest BCUT2D eigenvalue weighted by atomic mass is 16.3. The number of rotatable bonds is 10. The van der Waals surface area contributed by atoms with Crippen LogP contribution in [0.15, 0.2) is 22.8 Å². The van der Waals surface area contributed by atoms with Gasteiger partial charge in [-0.05, 0) is 50.3 Å². The summed E-state index contributed by atoms with van der Waals surface area (Å²) in [6.07, 6.45) is 7.09. The van der Waals surface area contributed by atoms with Crippen LogP contribution in [0.5, 0.6) is 0 Å². The highest BCUT2D eigenvalue weighted by molar-refractivity contribution is 4.99. The van der Waals surface area contributed by atoms with Crippen molar-refractivity contribution in [3.8, 4) is 0 Å². The van der Waals surface area contributed by atoms with E-state index >= 15 is 0 Å². The molecule has 0 aromatic carbocycles. The fourth-order valence-corrected chi connectivity index (χ4v) is 2.42. The molecule has 0 aliphatic heterocycles. The van der Waals surface area contributed by atoms with Crippen LogP contribution < -0.4 is 5.32 Å². The molecule has 0 spiro atoms. The van der Waals surface area contributed by atoms with E-state index in [4.69, 9.17) is 4.42 Å². The van der Waals surface area contributed by atoms with Crippen LogP contribution in [-0.2, 0) is 6.54 Å². The number of furan rings is 1. The maximum Gasteiger partial charge on any atom is 0.117 e. The number of hydrogen-bond acceptors (Lipinski definition) is 3. The van der Waals surface area contributed by atoms with Crippen LogP contribution in [0.3, 0.4) is 0 Å². The summed E-state index contributed by atoms with van der Waals surface area (Å²) in [4.78, 5) is 2.55. The lowest BCUT2D eigenvalue weighted by Gasteiger charge is -2.21. The van der Waals surface area contributed by atoms with Gasteiger partial charge in [-0.15, -0.1) is 0 Å². The second kappa shape index (κ2) is 7.71. The van der Waals surface area contributed by atoms with Gasteiger partial charge >= 0.3 is 0 Å². The normalized spacial score (nSPS) is 15.6. The van der Waals surface area contributed by atoms with Gasteiger partial charge in [0.15, 0.2) is 0 Å². The van der Waals surface area contributed by atoms with Gasteiger partial charge in [0.05, 0.1) is 12.8 Å². The van der Waals surface area contributed by atoms with Crippen LogP contribution in [0.1, 0.15) is 45.3 Å². The minimum Gasteiger partial charge on any atom is -0.468 e. The zero-order chi connectivity index (χ0) is 13.5. The lowest BCUT2D eigenvalue weighted by molar-refractivity contribution is 0.233. The molecular weight excluding hydrogens is 236 g/mol. The quantitative estimate of drug-likeness (QED) is 0.657. The van der Waals surface area contributed by atoms with E-state index in [9.17, 15) is 0 Å². The molecule has 2 rings (SSSR count). The average molecular weight is 264 g/mol. The molecule has 0 amide bonds. The number of nitrogens with one attached hydrogen (secondary N) is 1. The van der Waals surface area contributed by atoms with Crippen LogP contribution >= 0.6 is 0 Å². The molecule has 3 heteroatoms. The Morgan fingerprint density at radius 2 is 2.21 bits per heavy atom. The van der Waals surface area contributed by atoms with E-state index in [0.29, 0.717) is 0 Å².